The number of hydrogen-bond donors (Lipinski definition) is 1. The van der Waals surface area contributed by atoms with Crippen molar-refractivity contribution in [3.05, 3.63) is 64.7 Å². The summed E-state index contributed by atoms with van der Waals surface area (Å²) in [6, 6.07) is 14.8. The third-order valence-electron chi connectivity index (χ3n) is 5.21. The van der Waals surface area contributed by atoms with Gasteiger partial charge in [0.15, 0.2) is 0 Å². The molecule has 0 spiro atoms. The first-order valence-corrected chi connectivity index (χ1v) is 8.57. The standard InChI is InChI=1S/C21H26FN/c1-5-21(4,22)16-7-6-8-17(13-16)23-20-12-15(3)19-11-14(2)9-10-18(19)20/h6-11,13,15,20,23H,5,12H2,1-4H3. The summed E-state index contributed by atoms with van der Waals surface area (Å²) in [4.78, 5) is 0. The maximum absolute atomic E-state index is 14.6. The van der Waals surface area contributed by atoms with E-state index in [1.807, 2.05) is 31.2 Å². The van der Waals surface area contributed by atoms with Gasteiger partial charge in [-0.3, -0.25) is 0 Å². The summed E-state index contributed by atoms with van der Waals surface area (Å²) in [7, 11) is 0. The van der Waals surface area contributed by atoms with Gasteiger partial charge in [0.1, 0.15) is 5.67 Å². The minimum Gasteiger partial charge on any atom is -0.378 e. The molecular weight excluding hydrogens is 285 g/mol. The Balaban J connectivity index is 1.86. The van der Waals surface area contributed by atoms with Gasteiger partial charge < -0.3 is 5.32 Å². The fraction of sp³-hybridized carbons (Fsp3) is 0.429. The van der Waals surface area contributed by atoms with E-state index in [9.17, 15) is 4.39 Å². The summed E-state index contributed by atoms with van der Waals surface area (Å²) in [5, 5.41) is 3.62. The molecule has 1 aliphatic carbocycles. The molecule has 1 N–H and O–H groups in total. The van der Waals surface area contributed by atoms with Gasteiger partial charge in [0, 0.05) is 5.69 Å². The molecule has 0 fully saturated rings. The van der Waals surface area contributed by atoms with E-state index in [2.05, 4.69) is 37.4 Å². The van der Waals surface area contributed by atoms with Gasteiger partial charge >= 0.3 is 0 Å². The summed E-state index contributed by atoms with van der Waals surface area (Å²) in [5.74, 6) is 0.563. The molecule has 3 unspecified atom stereocenters. The van der Waals surface area contributed by atoms with Crippen molar-refractivity contribution in [2.45, 2.75) is 58.2 Å². The van der Waals surface area contributed by atoms with Crippen molar-refractivity contribution in [2.75, 3.05) is 5.32 Å². The van der Waals surface area contributed by atoms with Crippen LogP contribution in [-0.2, 0) is 5.67 Å². The lowest BCUT2D eigenvalue weighted by atomic mass is 9.95. The number of fused-ring (bicyclic) bond motifs is 1. The highest BCUT2D eigenvalue weighted by Gasteiger charge is 2.28. The Bertz CT molecular complexity index is 705. The van der Waals surface area contributed by atoms with Crippen LogP contribution in [0.1, 0.15) is 67.8 Å². The van der Waals surface area contributed by atoms with Gasteiger partial charge in [-0.2, -0.15) is 0 Å². The van der Waals surface area contributed by atoms with Gasteiger partial charge in [0.25, 0.3) is 0 Å². The molecule has 0 aromatic heterocycles. The van der Waals surface area contributed by atoms with Crippen LogP contribution >= 0.6 is 0 Å². The second kappa shape index (κ2) is 5.99. The van der Waals surface area contributed by atoms with Crippen molar-refractivity contribution < 1.29 is 4.39 Å². The van der Waals surface area contributed by atoms with Crippen LogP contribution in [0.25, 0.3) is 0 Å². The van der Waals surface area contributed by atoms with E-state index in [1.165, 1.54) is 16.7 Å². The molecule has 0 aliphatic heterocycles. The minimum atomic E-state index is -1.27. The third kappa shape index (κ3) is 3.12. The topological polar surface area (TPSA) is 12.0 Å². The Labute approximate surface area is 138 Å². The van der Waals surface area contributed by atoms with E-state index in [1.54, 1.807) is 6.92 Å². The zero-order valence-electron chi connectivity index (χ0n) is 14.5. The first kappa shape index (κ1) is 16.0. The number of aryl methyl sites for hydroxylation is 1. The predicted octanol–water partition coefficient (Wildman–Crippen LogP) is 6.25. The quantitative estimate of drug-likeness (QED) is 0.703. The van der Waals surface area contributed by atoms with Crippen LogP contribution in [0, 0.1) is 6.92 Å². The maximum Gasteiger partial charge on any atom is 0.133 e. The highest BCUT2D eigenvalue weighted by molar-refractivity contribution is 5.52. The lowest BCUT2D eigenvalue weighted by molar-refractivity contribution is 0.185. The highest BCUT2D eigenvalue weighted by Crippen LogP contribution is 2.42. The van der Waals surface area contributed by atoms with Crippen LogP contribution < -0.4 is 5.32 Å². The van der Waals surface area contributed by atoms with Crippen LogP contribution in [0.5, 0.6) is 0 Å². The van der Waals surface area contributed by atoms with Crippen LogP contribution in [0.3, 0.4) is 0 Å². The van der Waals surface area contributed by atoms with Crippen LogP contribution in [0.4, 0.5) is 10.1 Å². The molecule has 3 rings (SSSR count). The third-order valence-corrected chi connectivity index (χ3v) is 5.21. The average molecular weight is 311 g/mol. The van der Waals surface area contributed by atoms with E-state index < -0.39 is 5.67 Å². The summed E-state index contributed by atoms with van der Waals surface area (Å²) >= 11 is 0. The van der Waals surface area contributed by atoms with Gasteiger partial charge in [-0.15, -0.1) is 0 Å². The van der Waals surface area contributed by atoms with E-state index in [4.69, 9.17) is 0 Å². The molecular formula is C21H26FN. The van der Waals surface area contributed by atoms with Gasteiger partial charge in [-0.25, -0.2) is 4.39 Å². The number of anilines is 1. The molecule has 3 atom stereocenters. The van der Waals surface area contributed by atoms with Crippen molar-refractivity contribution in [3.8, 4) is 0 Å². The van der Waals surface area contributed by atoms with Crippen molar-refractivity contribution in [3.63, 3.8) is 0 Å². The molecule has 2 aromatic rings. The number of nitrogens with one attached hydrogen (secondary N) is 1. The Hall–Kier alpha value is -1.83. The lowest BCUT2D eigenvalue weighted by Crippen LogP contribution is -2.14. The Morgan fingerprint density at radius 1 is 1.17 bits per heavy atom. The molecule has 0 amide bonds. The van der Waals surface area contributed by atoms with Crippen molar-refractivity contribution in [1.82, 2.24) is 0 Å². The second-order valence-electron chi connectivity index (χ2n) is 7.10. The van der Waals surface area contributed by atoms with Gasteiger partial charge in [0.2, 0.25) is 0 Å². The van der Waals surface area contributed by atoms with Crippen LogP contribution in [-0.4, -0.2) is 0 Å². The molecule has 0 saturated carbocycles. The Morgan fingerprint density at radius 2 is 1.96 bits per heavy atom. The molecule has 23 heavy (non-hydrogen) atoms. The average Bonchev–Trinajstić information content (AvgIpc) is 2.83. The predicted molar refractivity (Wildman–Crippen MR) is 95.8 cm³/mol. The highest BCUT2D eigenvalue weighted by atomic mass is 19.1. The van der Waals surface area contributed by atoms with E-state index in [-0.39, 0.29) is 0 Å². The Kier molecular flexibility index (Phi) is 4.18. The smallest absolute Gasteiger partial charge is 0.133 e. The molecule has 0 heterocycles. The second-order valence-corrected chi connectivity index (χ2v) is 7.10. The number of alkyl halides is 1. The van der Waals surface area contributed by atoms with Crippen molar-refractivity contribution in [1.29, 1.82) is 0 Å². The zero-order chi connectivity index (χ0) is 16.6. The van der Waals surface area contributed by atoms with Crippen molar-refractivity contribution >= 4 is 5.69 Å². The summed E-state index contributed by atoms with van der Waals surface area (Å²) < 4.78 is 14.6. The first-order chi connectivity index (χ1) is 10.9. The van der Waals surface area contributed by atoms with Gasteiger partial charge in [-0.1, -0.05) is 49.7 Å². The fourth-order valence-corrected chi connectivity index (χ4v) is 3.52. The molecule has 122 valence electrons. The number of rotatable bonds is 4. The SMILES string of the molecule is CCC(C)(F)c1cccc(NC2CC(C)c3cc(C)ccc32)c1. The zero-order valence-corrected chi connectivity index (χ0v) is 14.5. The molecule has 2 heteroatoms. The van der Waals surface area contributed by atoms with Gasteiger partial charge in [0.05, 0.1) is 6.04 Å². The van der Waals surface area contributed by atoms with Gasteiger partial charge in [-0.05, 0) is 61.4 Å². The maximum atomic E-state index is 14.6. The van der Waals surface area contributed by atoms with E-state index in [0.717, 1.165) is 17.7 Å². The molecule has 0 bridgehead atoms. The number of halogens is 1. The molecule has 0 saturated heterocycles. The van der Waals surface area contributed by atoms with Crippen LogP contribution in [0.2, 0.25) is 0 Å². The largest absolute Gasteiger partial charge is 0.378 e. The molecule has 1 aliphatic rings. The molecule has 2 aromatic carbocycles. The summed E-state index contributed by atoms with van der Waals surface area (Å²) in [5.41, 5.74) is 4.63. The van der Waals surface area contributed by atoms with E-state index in [0.29, 0.717) is 18.4 Å². The van der Waals surface area contributed by atoms with Crippen LogP contribution in [0.15, 0.2) is 42.5 Å². The number of hydrogen-bond acceptors (Lipinski definition) is 1. The molecule has 1 nitrogen and oxygen atoms in total. The molecule has 0 radical (unpaired) electrons. The minimum absolute atomic E-state index is 0.309. The summed E-state index contributed by atoms with van der Waals surface area (Å²) in [6.07, 6.45) is 1.57. The van der Waals surface area contributed by atoms with E-state index >= 15 is 0 Å². The lowest BCUT2D eigenvalue weighted by Gasteiger charge is -2.21. The monoisotopic (exact) mass is 311 g/mol. The Morgan fingerprint density at radius 3 is 2.70 bits per heavy atom. The summed E-state index contributed by atoms with van der Waals surface area (Å²) in [6.45, 7) is 7.97. The number of benzene rings is 2. The van der Waals surface area contributed by atoms with Crippen molar-refractivity contribution in [2.24, 2.45) is 0 Å². The first-order valence-electron chi connectivity index (χ1n) is 8.57. The normalized spacial score (nSPS) is 22.5. The fourth-order valence-electron chi connectivity index (χ4n) is 3.52.